The van der Waals surface area contributed by atoms with Gasteiger partial charge in [-0.25, -0.2) is 0 Å². The van der Waals surface area contributed by atoms with Crippen molar-refractivity contribution >= 4 is 27.5 Å². The van der Waals surface area contributed by atoms with Gasteiger partial charge < -0.3 is 19.8 Å². The van der Waals surface area contributed by atoms with Gasteiger partial charge in [0.15, 0.2) is 5.76 Å². The zero-order valence-electron chi connectivity index (χ0n) is 21.0. The summed E-state index contributed by atoms with van der Waals surface area (Å²) in [6.07, 6.45) is 4.04. The van der Waals surface area contributed by atoms with Crippen molar-refractivity contribution in [1.29, 1.82) is 0 Å². The van der Waals surface area contributed by atoms with E-state index in [1.54, 1.807) is 24.3 Å². The quantitative estimate of drug-likeness (QED) is 0.279. The van der Waals surface area contributed by atoms with Crippen LogP contribution >= 0.6 is 15.9 Å². The Bertz CT molecular complexity index is 1260. The summed E-state index contributed by atoms with van der Waals surface area (Å²) < 4.78 is 12.9. The fraction of sp³-hybridized carbons (Fsp3) is 0.393. The first-order valence-electron chi connectivity index (χ1n) is 13.0. The van der Waals surface area contributed by atoms with Crippen LogP contribution in [0.4, 0.5) is 5.69 Å². The van der Waals surface area contributed by atoms with Gasteiger partial charge in [-0.1, -0.05) is 6.07 Å². The summed E-state index contributed by atoms with van der Waals surface area (Å²) in [6.45, 7) is 4.64. The molecule has 2 aliphatic rings. The molecule has 38 heavy (non-hydrogen) atoms. The first kappa shape index (κ1) is 26.4. The number of nitrogens with zero attached hydrogens (tertiary/aromatic N) is 2. The molecule has 200 valence electrons. The number of non-ortho nitro benzene ring substituents is 1. The molecule has 1 aromatic heterocycles. The molecule has 0 radical (unpaired) electrons. The fourth-order valence-corrected chi connectivity index (χ4v) is 5.46. The molecule has 0 aliphatic carbocycles. The van der Waals surface area contributed by atoms with Crippen LogP contribution in [0.5, 0.6) is 5.75 Å². The summed E-state index contributed by atoms with van der Waals surface area (Å²) in [5, 5.41) is 17.3. The summed E-state index contributed by atoms with van der Waals surface area (Å²) in [6, 6.07) is 15.8. The average Bonchev–Trinajstić information content (AvgIpc) is 3.43. The van der Waals surface area contributed by atoms with Gasteiger partial charge in [-0.15, -0.1) is 0 Å². The lowest BCUT2D eigenvalue weighted by molar-refractivity contribution is -0.384. The van der Waals surface area contributed by atoms with E-state index >= 15 is 0 Å². The molecule has 0 saturated carbocycles. The third-order valence-corrected chi connectivity index (χ3v) is 7.72. The summed E-state index contributed by atoms with van der Waals surface area (Å²) in [7, 11) is 0. The lowest BCUT2D eigenvalue weighted by Gasteiger charge is -2.32. The number of nitro benzene ring substituents is 1. The molecule has 3 aromatic rings. The molecule has 0 spiro atoms. The number of amides is 1. The number of carbonyl (C=O) groups excluding carboxylic acids is 1. The predicted octanol–water partition coefficient (Wildman–Crippen LogP) is 5.14. The van der Waals surface area contributed by atoms with Crippen molar-refractivity contribution in [2.75, 3.05) is 26.2 Å². The van der Waals surface area contributed by atoms with Gasteiger partial charge in [0, 0.05) is 43.4 Å². The number of likely N-dealkylation sites (tertiary alicyclic amines) is 1. The highest BCUT2D eigenvalue weighted by Crippen LogP contribution is 2.29. The molecule has 2 N–H and O–H groups in total. The van der Waals surface area contributed by atoms with Crippen molar-refractivity contribution < 1.29 is 18.9 Å². The summed E-state index contributed by atoms with van der Waals surface area (Å²) in [5.41, 5.74) is 1.92. The van der Waals surface area contributed by atoms with Gasteiger partial charge >= 0.3 is 0 Å². The smallest absolute Gasteiger partial charge is 0.287 e. The Labute approximate surface area is 229 Å². The third-order valence-electron chi connectivity index (χ3n) is 7.10. The van der Waals surface area contributed by atoms with Crippen LogP contribution in [0.3, 0.4) is 0 Å². The van der Waals surface area contributed by atoms with Crippen LogP contribution in [-0.2, 0) is 6.54 Å². The Morgan fingerprint density at radius 2 is 1.82 bits per heavy atom. The Hall–Kier alpha value is -3.21. The highest BCUT2D eigenvalue weighted by Gasteiger charge is 2.23. The van der Waals surface area contributed by atoms with E-state index in [2.05, 4.69) is 49.7 Å². The first-order valence-corrected chi connectivity index (χ1v) is 13.8. The number of halogens is 1. The Morgan fingerprint density at radius 1 is 1.08 bits per heavy atom. The van der Waals surface area contributed by atoms with Crippen LogP contribution in [0.25, 0.3) is 11.3 Å². The highest BCUT2D eigenvalue weighted by atomic mass is 79.9. The standard InChI is InChI=1S/C28H31BrN4O5/c29-24-17-19(1-6-26(24)37-23-9-13-30-14-10-23)18-32-15-11-21(12-16-32)31-28(34)27-8-7-25(38-27)20-2-4-22(5-3-20)33(35)36/h1-8,17,21,23,30H,9-16,18H2,(H,31,34). The number of nitro groups is 1. The molecule has 2 fully saturated rings. The van der Waals surface area contributed by atoms with Crippen LogP contribution in [0.2, 0.25) is 0 Å². The Morgan fingerprint density at radius 3 is 2.50 bits per heavy atom. The van der Waals surface area contributed by atoms with Gasteiger partial charge in [0.2, 0.25) is 0 Å². The summed E-state index contributed by atoms with van der Waals surface area (Å²) in [4.78, 5) is 25.6. The number of rotatable bonds is 8. The number of nitrogens with one attached hydrogen (secondary N) is 2. The molecule has 5 rings (SSSR count). The number of furan rings is 1. The molecular weight excluding hydrogens is 552 g/mol. The lowest BCUT2D eigenvalue weighted by Crippen LogP contribution is -2.44. The maximum absolute atomic E-state index is 12.8. The minimum atomic E-state index is -0.448. The minimum Gasteiger partial charge on any atom is -0.489 e. The van der Waals surface area contributed by atoms with Crippen molar-refractivity contribution in [3.8, 4) is 17.1 Å². The largest absolute Gasteiger partial charge is 0.489 e. The second kappa shape index (κ2) is 12.1. The van der Waals surface area contributed by atoms with Gasteiger partial charge in [-0.2, -0.15) is 0 Å². The summed E-state index contributed by atoms with van der Waals surface area (Å²) >= 11 is 3.68. The van der Waals surface area contributed by atoms with Crippen molar-refractivity contribution in [1.82, 2.24) is 15.5 Å². The van der Waals surface area contributed by atoms with Crippen LogP contribution in [0.1, 0.15) is 41.8 Å². The molecule has 0 unspecified atom stereocenters. The monoisotopic (exact) mass is 582 g/mol. The summed E-state index contributed by atoms with van der Waals surface area (Å²) in [5.74, 6) is 1.39. The number of ether oxygens (including phenoxy) is 1. The molecule has 1 amide bonds. The Balaban J connectivity index is 1.09. The van der Waals surface area contributed by atoms with E-state index in [0.717, 1.165) is 68.6 Å². The van der Waals surface area contributed by atoms with E-state index in [-0.39, 0.29) is 29.5 Å². The van der Waals surface area contributed by atoms with E-state index in [1.807, 2.05) is 0 Å². The van der Waals surface area contributed by atoms with Crippen molar-refractivity contribution in [3.63, 3.8) is 0 Å². The number of hydrogen-bond donors (Lipinski definition) is 2. The maximum atomic E-state index is 12.8. The lowest BCUT2D eigenvalue weighted by atomic mass is 10.0. The number of piperidine rings is 2. The zero-order chi connectivity index (χ0) is 26.5. The number of carbonyl (C=O) groups is 1. The maximum Gasteiger partial charge on any atom is 0.287 e. The first-order chi connectivity index (χ1) is 18.4. The van der Waals surface area contributed by atoms with E-state index in [4.69, 9.17) is 9.15 Å². The second-order valence-electron chi connectivity index (χ2n) is 9.82. The fourth-order valence-electron chi connectivity index (χ4n) is 4.94. The zero-order valence-corrected chi connectivity index (χ0v) is 22.6. The molecule has 9 nitrogen and oxygen atoms in total. The van der Waals surface area contributed by atoms with Crippen LogP contribution in [-0.4, -0.2) is 54.1 Å². The third kappa shape index (κ3) is 6.61. The molecule has 2 aromatic carbocycles. The van der Waals surface area contributed by atoms with Crippen LogP contribution in [0.15, 0.2) is 63.5 Å². The second-order valence-corrected chi connectivity index (χ2v) is 10.7. The minimum absolute atomic E-state index is 0.0101. The van der Waals surface area contributed by atoms with Gasteiger partial charge in [-0.05, 0) is 96.7 Å². The highest BCUT2D eigenvalue weighted by molar-refractivity contribution is 9.10. The van der Waals surface area contributed by atoms with Crippen molar-refractivity contribution in [2.45, 2.75) is 44.4 Å². The van der Waals surface area contributed by atoms with Crippen molar-refractivity contribution in [2.24, 2.45) is 0 Å². The molecule has 3 heterocycles. The van der Waals surface area contributed by atoms with E-state index < -0.39 is 4.92 Å². The van der Waals surface area contributed by atoms with Crippen LogP contribution in [0, 0.1) is 10.1 Å². The molecule has 0 bridgehead atoms. The van der Waals surface area contributed by atoms with E-state index in [0.29, 0.717) is 11.3 Å². The van der Waals surface area contributed by atoms with Gasteiger partial charge in [0.1, 0.15) is 17.6 Å². The van der Waals surface area contributed by atoms with Crippen molar-refractivity contribution in [3.05, 3.63) is 80.5 Å². The van der Waals surface area contributed by atoms with E-state index in [9.17, 15) is 14.9 Å². The molecule has 10 heteroatoms. The number of hydrogen-bond acceptors (Lipinski definition) is 7. The molecule has 2 aliphatic heterocycles. The normalized spacial score (nSPS) is 17.3. The van der Waals surface area contributed by atoms with Crippen LogP contribution < -0.4 is 15.4 Å². The average molecular weight is 583 g/mol. The predicted molar refractivity (Wildman–Crippen MR) is 147 cm³/mol. The van der Waals surface area contributed by atoms with Gasteiger partial charge in [0.05, 0.1) is 9.40 Å². The van der Waals surface area contributed by atoms with E-state index in [1.165, 1.54) is 17.7 Å². The number of benzene rings is 2. The van der Waals surface area contributed by atoms with Gasteiger partial charge in [0.25, 0.3) is 11.6 Å². The topological polar surface area (TPSA) is 110 Å². The SMILES string of the molecule is O=C(NC1CCN(Cc2ccc(OC3CCNCC3)c(Br)c2)CC1)c1ccc(-c2ccc([N+](=O)[O-])cc2)o1. The Kier molecular flexibility index (Phi) is 8.41. The molecular formula is C28H31BrN4O5. The molecule has 0 atom stereocenters. The van der Waals surface area contributed by atoms with Gasteiger partial charge in [-0.3, -0.25) is 19.8 Å². The molecule has 2 saturated heterocycles.